The average molecular weight is 125 g/mol. The minimum Gasteiger partial charge on any atom is -0.314 e. The van der Waals surface area contributed by atoms with Gasteiger partial charge in [0.1, 0.15) is 0 Å². The predicted molar refractivity (Wildman–Crippen MR) is 36.8 cm³/mol. The molecule has 1 unspecified atom stereocenters. The van der Waals surface area contributed by atoms with Gasteiger partial charge < -0.3 is 10.6 Å². The van der Waals surface area contributed by atoms with Gasteiger partial charge in [-0.1, -0.05) is 0 Å². The van der Waals surface area contributed by atoms with Crippen molar-refractivity contribution in [2.45, 2.75) is 12.8 Å². The maximum absolute atomic E-state index is 3.44. The van der Waals surface area contributed by atoms with Crippen LogP contribution in [-0.2, 0) is 0 Å². The third-order valence-corrected chi connectivity index (χ3v) is 2.28. The summed E-state index contributed by atoms with van der Waals surface area (Å²) >= 11 is 0. The highest BCUT2D eigenvalue weighted by Crippen LogP contribution is 2.24. The molecule has 2 nitrogen and oxygen atoms in total. The van der Waals surface area contributed by atoms with Crippen molar-refractivity contribution in [3.05, 3.63) is 6.04 Å². The van der Waals surface area contributed by atoms with E-state index in [0.29, 0.717) is 0 Å². The van der Waals surface area contributed by atoms with Crippen LogP contribution in [0, 0.1) is 12.0 Å². The van der Waals surface area contributed by atoms with Gasteiger partial charge in [-0.3, -0.25) is 0 Å². The van der Waals surface area contributed by atoms with Gasteiger partial charge in [0.05, 0.1) is 6.04 Å². The van der Waals surface area contributed by atoms with E-state index in [1.165, 1.54) is 25.9 Å². The number of piperidine rings is 1. The molecule has 2 saturated heterocycles. The lowest BCUT2D eigenvalue weighted by molar-refractivity contribution is 0.423. The monoisotopic (exact) mass is 125 g/mol. The van der Waals surface area contributed by atoms with Gasteiger partial charge in [-0.25, -0.2) is 0 Å². The van der Waals surface area contributed by atoms with Crippen molar-refractivity contribution < 1.29 is 0 Å². The van der Waals surface area contributed by atoms with E-state index >= 15 is 0 Å². The van der Waals surface area contributed by atoms with Crippen molar-refractivity contribution in [3.63, 3.8) is 0 Å². The SMILES string of the molecule is C1CN[C]2CNCC2C1. The molecule has 51 valence electrons. The summed E-state index contributed by atoms with van der Waals surface area (Å²) in [6, 6.07) is 1.56. The Labute approximate surface area is 56.0 Å². The Morgan fingerprint density at radius 2 is 2.44 bits per heavy atom. The van der Waals surface area contributed by atoms with Gasteiger partial charge in [-0.15, -0.1) is 0 Å². The van der Waals surface area contributed by atoms with E-state index in [2.05, 4.69) is 10.6 Å². The Balaban J connectivity index is 1.97. The molecule has 0 aliphatic carbocycles. The Morgan fingerprint density at radius 3 is 3.33 bits per heavy atom. The Hall–Kier alpha value is -0.0800. The fourth-order valence-corrected chi connectivity index (χ4v) is 1.73. The first-order valence-electron chi connectivity index (χ1n) is 3.77. The molecule has 9 heavy (non-hydrogen) atoms. The first kappa shape index (κ1) is 5.69. The Bertz CT molecular complexity index is 91.1. The van der Waals surface area contributed by atoms with Crippen LogP contribution in [0.15, 0.2) is 0 Å². The summed E-state index contributed by atoms with van der Waals surface area (Å²) in [4.78, 5) is 0. The zero-order chi connectivity index (χ0) is 6.10. The van der Waals surface area contributed by atoms with Crippen molar-refractivity contribution in [1.82, 2.24) is 10.6 Å². The number of rotatable bonds is 0. The van der Waals surface area contributed by atoms with Gasteiger partial charge in [0.25, 0.3) is 0 Å². The first-order chi connectivity index (χ1) is 4.47. The second-order valence-electron chi connectivity index (χ2n) is 2.92. The quantitative estimate of drug-likeness (QED) is 0.480. The highest BCUT2D eigenvalue weighted by atomic mass is 15.0. The maximum Gasteiger partial charge on any atom is 0.0546 e. The van der Waals surface area contributed by atoms with Crippen molar-refractivity contribution in [2.24, 2.45) is 5.92 Å². The molecule has 0 spiro atoms. The number of fused-ring (bicyclic) bond motifs is 1. The second-order valence-corrected chi connectivity index (χ2v) is 2.92. The molecule has 2 heterocycles. The molecule has 2 N–H and O–H groups in total. The summed E-state index contributed by atoms with van der Waals surface area (Å²) in [6.45, 7) is 3.53. The fourth-order valence-electron chi connectivity index (χ4n) is 1.73. The summed E-state index contributed by atoms with van der Waals surface area (Å²) in [7, 11) is 0. The van der Waals surface area contributed by atoms with E-state index in [1.54, 1.807) is 6.04 Å². The van der Waals surface area contributed by atoms with Gasteiger partial charge in [0.2, 0.25) is 0 Å². The van der Waals surface area contributed by atoms with E-state index in [1.807, 2.05) is 0 Å². The first-order valence-corrected chi connectivity index (χ1v) is 3.77. The van der Waals surface area contributed by atoms with Crippen molar-refractivity contribution in [1.29, 1.82) is 0 Å². The van der Waals surface area contributed by atoms with Gasteiger partial charge in [0, 0.05) is 6.54 Å². The van der Waals surface area contributed by atoms with Crippen LogP contribution in [0.4, 0.5) is 0 Å². The van der Waals surface area contributed by atoms with Gasteiger partial charge in [-0.05, 0) is 31.8 Å². The molecule has 1 radical (unpaired) electrons. The summed E-state index contributed by atoms with van der Waals surface area (Å²) in [6.07, 6.45) is 2.76. The lowest BCUT2D eigenvalue weighted by atomic mass is 9.94. The highest BCUT2D eigenvalue weighted by Gasteiger charge is 2.29. The van der Waals surface area contributed by atoms with E-state index in [9.17, 15) is 0 Å². The van der Waals surface area contributed by atoms with Gasteiger partial charge in [-0.2, -0.15) is 0 Å². The molecular weight excluding hydrogens is 112 g/mol. The molecule has 2 heteroatoms. The lowest BCUT2D eigenvalue weighted by Gasteiger charge is -2.24. The van der Waals surface area contributed by atoms with Crippen LogP contribution in [0.1, 0.15) is 12.8 Å². The zero-order valence-corrected chi connectivity index (χ0v) is 5.61. The molecule has 0 amide bonds. The lowest BCUT2D eigenvalue weighted by Crippen LogP contribution is -2.33. The van der Waals surface area contributed by atoms with Gasteiger partial charge in [0.15, 0.2) is 0 Å². The molecule has 2 fully saturated rings. The summed E-state index contributed by atoms with van der Waals surface area (Å²) < 4.78 is 0. The molecule has 2 rings (SSSR count). The third-order valence-electron chi connectivity index (χ3n) is 2.28. The molecule has 0 bridgehead atoms. The van der Waals surface area contributed by atoms with Crippen molar-refractivity contribution >= 4 is 0 Å². The Kier molecular flexibility index (Phi) is 1.44. The Morgan fingerprint density at radius 1 is 1.44 bits per heavy atom. The topological polar surface area (TPSA) is 24.1 Å². The van der Waals surface area contributed by atoms with Crippen LogP contribution in [0.3, 0.4) is 0 Å². The normalized spacial score (nSPS) is 36.7. The smallest absolute Gasteiger partial charge is 0.0546 e. The predicted octanol–water partition coefficient (Wildman–Crippen LogP) is 0.121. The van der Waals surface area contributed by atoms with Crippen LogP contribution in [0.25, 0.3) is 0 Å². The minimum absolute atomic E-state index is 0.860. The maximum atomic E-state index is 3.44. The van der Waals surface area contributed by atoms with E-state index in [-0.39, 0.29) is 0 Å². The summed E-state index contributed by atoms with van der Waals surface area (Å²) in [5, 5.41) is 6.80. The number of nitrogens with one attached hydrogen (secondary N) is 2. The fraction of sp³-hybridized carbons (Fsp3) is 0.857. The molecule has 0 aromatic rings. The van der Waals surface area contributed by atoms with Gasteiger partial charge >= 0.3 is 0 Å². The molecule has 0 aromatic heterocycles. The molecule has 1 atom stereocenters. The number of hydrogen-bond donors (Lipinski definition) is 2. The van der Waals surface area contributed by atoms with Crippen molar-refractivity contribution in [2.75, 3.05) is 19.6 Å². The minimum atomic E-state index is 0.860. The third kappa shape index (κ3) is 0.970. The molecule has 0 saturated carbocycles. The summed E-state index contributed by atoms with van der Waals surface area (Å²) in [5.74, 6) is 0.860. The number of hydrogen-bond acceptors (Lipinski definition) is 2. The van der Waals surface area contributed by atoms with Crippen LogP contribution >= 0.6 is 0 Å². The van der Waals surface area contributed by atoms with E-state index in [4.69, 9.17) is 0 Å². The average Bonchev–Trinajstić information content (AvgIpc) is 2.33. The largest absolute Gasteiger partial charge is 0.314 e. The summed E-state index contributed by atoms with van der Waals surface area (Å²) in [5.41, 5.74) is 0. The zero-order valence-electron chi connectivity index (χ0n) is 5.61. The second kappa shape index (κ2) is 2.27. The molecule has 2 aliphatic heterocycles. The van der Waals surface area contributed by atoms with Crippen LogP contribution in [0.2, 0.25) is 0 Å². The highest BCUT2D eigenvalue weighted by molar-refractivity contribution is 5.04. The van der Waals surface area contributed by atoms with E-state index in [0.717, 1.165) is 12.5 Å². The molecular formula is C7H13N2. The van der Waals surface area contributed by atoms with Crippen LogP contribution < -0.4 is 10.6 Å². The molecule has 0 aromatic carbocycles. The standard InChI is InChI=1S/C7H13N2/c1-2-6-4-8-5-7(6)9-3-1/h6,8-9H,1-5H2. The van der Waals surface area contributed by atoms with Crippen molar-refractivity contribution in [3.8, 4) is 0 Å². The van der Waals surface area contributed by atoms with Crippen LogP contribution in [-0.4, -0.2) is 19.6 Å². The van der Waals surface area contributed by atoms with E-state index < -0.39 is 0 Å². The molecule has 2 aliphatic rings. The van der Waals surface area contributed by atoms with Crippen LogP contribution in [0.5, 0.6) is 0 Å².